The van der Waals surface area contributed by atoms with Gasteiger partial charge < -0.3 is 14.8 Å². The molecule has 0 aromatic heterocycles. The van der Waals surface area contributed by atoms with E-state index in [0.717, 1.165) is 12.0 Å². The molecule has 8 heteroatoms. The fourth-order valence-electron chi connectivity index (χ4n) is 3.71. The second-order valence-electron chi connectivity index (χ2n) is 7.38. The first-order valence-electron chi connectivity index (χ1n) is 10.2. The van der Waals surface area contributed by atoms with Gasteiger partial charge in [0.15, 0.2) is 0 Å². The van der Waals surface area contributed by atoms with E-state index >= 15 is 0 Å². The zero-order valence-corrected chi connectivity index (χ0v) is 18.7. The van der Waals surface area contributed by atoms with Crippen LogP contribution in [-0.2, 0) is 16.4 Å². The molecule has 0 atom stereocenters. The minimum Gasteiger partial charge on any atom is -0.497 e. The van der Waals surface area contributed by atoms with Crippen LogP contribution in [0.4, 0.5) is 11.4 Å². The number of carbonyl (C=O) groups is 1. The van der Waals surface area contributed by atoms with Gasteiger partial charge in [0.2, 0.25) is 0 Å². The molecule has 1 N–H and O–H groups in total. The normalized spacial score (nSPS) is 13.2. The second kappa shape index (κ2) is 8.92. The Hall–Kier alpha value is -3.52. The van der Waals surface area contributed by atoms with Crippen molar-refractivity contribution in [3.05, 3.63) is 77.9 Å². The summed E-state index contributed by atoms with van der Waals surface area (Å²) in [6, 6.07) is 18.5. The number of anilines is 2. The number of nitrogens with zero attached hydrogens (tertiary/aromatic N) is 1. The maximum atomic E-state index is 13.3. The standard InChI is InChI=1S/C24H24N2O5S/c1-30-20-8-5-17(6-9-20)24(27)25-19-7-14-23-18(16-19)4-3-15-26(23)32(28,29)22-12-10-21(31-2)11-13-22/h5-14,16H,3-4,15H2,1-2H3,(H,25,27). The second-order valence-corrected chi connectivity index (χ2v) is 9.24. The Balaban J connectivity index is 1.57. The predicted octanol–water partition coefficient (Wildman–Crippen LogP) is 4.10. The van der Waals surface area contributed by atoms with E-state index in [-0.39, 0.29) is 10.8 Å². The summed E-state index contributed by atoms with van der Waals surface area (Å²) in [6.07, 6.45) is 1.43. The molecule has 3 aromatic carbocycles. The van der Waals surface area contributed by atoms with Crippen molar-refractivity contribution >= 4 is 27.3 Å². The van der Waals surface area contributed by atoms with Crippen molar-refractivity contribution in [2.45, 2.75) is 17.7 Å². The van der Waals surface area contributed by atoms with Gasteiger partial charge in [-0.25, -0.2) is 8.42 Å². The van der Waals surface area contributed by atoms with Gasteiger partial charge in [-0.1, -0.05) is 0 Å². The molecular formula is C24H24N2O5S. The predicted molar refractivity (Wildman–Crippen MR) is 123 cm³/mol. The van der Waals surface area contributed by atoms with Gasteiger partial charge >= 0.3 is 0 Å². The molecule has 1 heterocycles. The topological polar surface area (TPSA) is 84.9 Å². The number of aryl methyl sites for hydroxylation is 1. The SMILES string of the molecule is COc1ccc(C(=O)Nc2ccc3c(c2)CCCN3S(=O)(=O)c2ccc(OC)cc2)cc1. The van der Waals surface area contributed by atoms with Gasteiger partial charge in [-0.3, -0.25) is 9.10 Å². The molecular weight excluding hydrogens is 428 g/mol. The van der Waals surface area contributed by atoms with E-state index in [0.29, 0.717) is 41.4 Å². The van der Waals surface area contributed by atoms with Gasteiger partial charge in [0.05, 0.1) is 24.8 Å². The minimum absolute atomic E-state index is 0.211. The van der Waals surface area contributed by atoms with Gasteiger partial charge in [0.1, 0.15) is 11.5 Å². The first-order valence-corrected chi connectivity index (χ1v) is 11.6. The van der Waals surface area contributed by atoms with Crippen LogP contribution in [0.25, 0.3) is 0 Å². The number of sulfonamides is 1. The molecule has 0 radical (unpaired) electrons. The molecule has 7 nitrogen and oxygen atoms in total. The highest BCUT2D eigenvalue weighted by Gasteiger charge is 2.29. The molecule has 32 heavy (non-hydrogen) atoms. The summed E-state index contributed by atoms with van der Waals surface area (Å²) in [7, 11) is -0.601. The van der Waals surface area contributed by atoms with E-state index in [1.807, 2.05) is 6.07 Å². The third-order valence-corrected chi connectivity index (χ3v) is 7.24. The maximum Gasteiger partial charge on any atom is 0.264 e. The van der Waals surface area contributed by atoms with Gasteiger partial charge in [-0.15, -0.1) is 0 Å². The molecule has 4 rings (SSSR count). The minimum atomic E-state index is -3.71. The Kier molecular flexibility index (Phi) is 6.05. The third-order valence-electron chi connectivity index (χ3n) is 5.41. The van der Waals surface area contributed by atoms with E-state index in [9.17, 15) is 13.2 Å². The molecule has 166 valence electrons. The average Bonchev–Trinajstić information content (AvgIpc) is 2.83. The van der Waals surface area contributed by atoms with Crippen LogP contribution in [0.5, 0.6) is 11.5 Å². The van der Waals surface area contributed by atoms with Crippen molar-refractivity contribution in [2.24, 2.45) is 0 Å². The largest absolute Gasteiger partial charge is 0.497 e. The fraction of sp³-hybridized carbons (Fsp3) is 0.208. The van der Waals surface area contributed by atoms with Crippen LogP contribution in [0.1, 0.15) is 22.3 Å². The van der Waals surface area contributed by atoms with Crippen molar-refractivity contribution in [1.82, 2.24) is 0 Å². The van der Waals surface area contributed by atoms with Gasteiger partial charge in [0.25, 0.3) is 15.9 Å². The van der Waals surface area contributed by atoms with Crippen molar-refractivity contribution in [3.63, 3.8) is 0 Å². The lowest BCUT2D eigenvalue weighted by Crippen LogP contribution is -2.35. The van der Waals surface area contributed by atoms with Crippen LogP contribution in [0, 0.1) is 0 Å². The van der Waals surface area contributed by atoms with E-state index < -0.39 is 10.0 Å². The highest BCUT2D eigenvalue weighted by atomic mass is 32.2. The van der Waals surface area contributed by atoms with Crippen LogP contribution in [-0.4, -0.2) is 35.1 Å². The van der Waals surface area contributed by atoms with E-state index in [4.69, 9.17) is 9.47 Å². The number of ether oxygens (including phenoxy) is 2. The van der Waals surface area contributed by atoms with Crippen molar-refractivity contribution < 1.29 is 22.7 Å². The molecule has 0 unspecified atom stereocenters. The number of nitrogens with one attached hydrogen (secondary N) is 1. The van der Waals surface area contributed by atoms with Crippen molar-refractivity contribution in [1.29, 1.82) is 0 Å². The van der Waals surface area contributed by atoms with Crippen LogP contribution in [0.2, 0.25) is 0 Å². The Labute approximate surface area is 187 Å². The highest BCUT2D eigenvalue weighted by molar-refractivity contribution is 7.92. The first kappa shape index (κ1) is 21.7. The molecule has 1 aliphatic rings. The Bertz CT molecular complexity index is 1220. The third kappa shape index (κ3) is 4.27. The smallest absolute Gasteiger partial charge is 0.264 e. The monoisotopic (exact) mass is 452 g/mol. The number of rotatable bonds is 6. The van der Waals surface area contributed by atoms with Crippen LogP contribution >= 0.6 is 0 Å². The zero-order chi connectivity index (χ0) is 22.7. The quantitative estimate of drug-likeness (QED) is 0.609. The number of amides is 1. The van der Waals surface area contributed by atoms with Crippen LogP contribution in [0.3, 0.4) is 0 Å². The summed E-state index contributed by atoms with van der Waals surface area (Å²) >= 11 is 0. The summed E-state index contributed by atoms with van der Waals surface area (Å²) in [5.41, 5.74) is 2.64. The fourth-order valence-corrected chi connectivity index (χ4v) is 5.25. The summed E-state index contributed by atoms with van der Waals surface area (Å²) in [6.45, 7) is 0.402. The molecule has 1 aliphatic heterocycles. The lowest BCUT2D eigenvalue weighted by molar-refractivity contribution is 0.102. The number of hydrogen-bond acceptors (Lipinski definition) is 5. The molecule has 0 spiro atoms. The highest BCUT2D eigenvalue weighted by Crippen LogP contribution is 2.34. The molecule has 1 amide bonds. The van der Waals surface area contributed by atoms with Crippen LogP contribution < -0.4 is 19.1 Å². The Morgan fingerprint density at radius 3 is 2.16 bits per heavy atom. The molecule has 3 aromatic rings. The van der Waals surface area contributed by atoms with Gasteiger partial charge in [-0.05, 0) is 85.1 Å². The lowest BCUT2D eigenvalue weighted by Gasteiger charge is -2.31. The zero-order valence-electron chi connectivity index (χ0n) is 17.9. The molecule has 0 bridgehead atoms. The van der Waals surface area contributed by atoms with Crippen LogP contribution in [0.15, 0.2) is 71.6 Å². The van der Waals surface area contributed by atoms with E-state index in [2.05, 4.69) is 5.32 Å². The van der Waals surface area contributed by atoms with Gasteiger partial charge in [-0.2, -0.15) is 0 Å². The first-order chi connectivity index (χ1) is 15.4. The number of carbonyl (C=O) groups excluding carboxylic acids is 1. The van der Waals surface area contributed by atoms with Gasteiger partial charge in [0, 0.05) is 17.8 Å². The molecule has 0 saturated heterocycles. The summed E-state index contributed by atoms with van der Waals surface area (Å²) < 4.78 is 38.2. The summed E-state index contributed by atoms with van der Waals surface area (Å²) in [4.78, 5) is 12.8. The summed E-state index contributed by atoms with van der Waals surface area (Å²) in [5.74, 6) is 1.03. The number of hydrogen-bond donors (Lipinski definition) is 1. The number of fused-ring (bicyclic) bond motifs is 1. The molecule has 0 aliphatic carbocycles. The Morgan fingerprint density at radius 1 is 0.906 bits per heavy atom. The van der Waals surface area contributed by atoms with Crippen molar-refractivity contribution in [3.8, 4) is 11.5 Å². The molecule has 0 fully saturated rings. The van der Waals surface area contributed by atoms with E-state index in [1.54, 1.807) is 67.8 Å². The number of benzene rings is 3. The Morgan fingerprint density at radius 2 is 1.53 bits per heavy atom. The van der Waals surface area contributed by atoms with Crippen molar-refractivity contribution in [2.75, 3.05) is 30.4 Å². The molecule has 0 saturated carbocycles. The maximum absolute atomic E-state index is 13.3. The van der Waals surface area contributed by atoms with E-state index in [1.165, 1.54) is 11.4 Å². The average molecular weight is 453 g/mol. The number of methoxy groups -OCH3 is 2. The lowest BCUT2D eigenvalue weighted by atomic mass is 10.0. The summed E-state index contributed by atoms with van der Waals surface area (Å²) in [5, 5.41) is 2.88.